The minimum absolute atomic E-state index is 0.00112. The van der Waals surface area contributed by atoms with Crippen LogP contribution in [0.25, 0.3) is 0 Å². The summed E-state index contributed by atoms with van der Waals surface area (Å²) in [7, 11) is 0. The van der Waals surface area contributed by atoms with Crippen LogP contribution in [-0.4, -0.2) is 24.9 Å². The molecule has 0 unspecified atom stereocenters. The lowest BCUT2D eigenvalue weighted by Crippen LogP contribution is -2.50. The number of hydrogen-bond acceptors (Lipinski definition) is 1. The van der Waals surface area contributed by atoms with Gasteiger partial charge < -0.3 is 4.90 Å². The van der Waals surface area contributed by atoms with Crippen molar-refractivity contribution >= 4 is 5.69 Å². The molecule has 2 aromatic rings. The fourth-order valence-corrected chi connectivity index (χ4v) is 4.70. The van der Waals surface area contributed by atoms with Gasteiger partial charge in [-0.05, 0) is 42.5 Å². The van der Waals surface area contributed by atoms with Crippen molar-refractivity contribution in [3.05, 3.63) is 65.2 Å². The maximum absolute atomic E-state index is 14.4. The fourth-order valence-electron chi connectivity index (χ4n) is 4.70. The Kier molecular flexibility index (Phi) is 4.59. The van der Waals surface area contributed by atoms with E-state index in [2.05, 4.69) is 4.90 Å². The van der Waals surface area contributed by atoms with E-state index in [1.165, 1.54) is 6.07 Å². The van der Waals surface area contributed by atoms with Crippen molar-refractivity contribution in [3.63, 3.8) is 0 Å². The molecule has 2 atom stereocenters. The van der Waals surface area contributed by atoms with E-state index >= 15 is 0 Å². The predicted molar refractivity (Wildman–Crippen MR) is 94.6 cm³/mol. The molecule has 2 aliphatic rings. The molecule has 2 aromatic carbocycles. The normalized spacial score (nSPS) is 22.4. The van der Waals surface area contributed by atoms with Crippen LogP contribution in [0.15, 0.2) is 48.5 Å². The van der Waals surface area contributed by atoms with Crippen LogP contribution >= 0.6 is 0 Å². The SMILES string of the molecule is FC(F)(F)C(F)(c1ccc2c(c1)CC[C@@H]1[C@H]2CCN1c1ccccc1)C(F)(F)F. The summed E-state index contributed by atoms with van der Waals surface area (Å²) >= 11 is 0. The highest BCUT2D eigenvalue weighted by molar-refractivity contribution is 5.52. The number of alkyl halides is 7. The van der Waals surface area contributed by atoms with Crippen molar-refractivity contribution in [3.8, 4) is 0 Å². The lowest BCUT2D eigenvalue weighted by molar-refractivity contribution is -0.348. The van der Waals surface area contributed by atoms with Crippen LogP contribution in [0.4, 0.5) is 36.4 Å². The fraction of sp³-hybridized carbons (Fsp3) is 0.429. The Labute approximate surface area is 163 Å². The standard InChI is InChI=1S/C21H18F7N/c22-19(20(23,24)25,21(26,27)28)14-7-8-16-13(12-14)6-9-18-17(16)10-11-29(18)15-4-2-1-3-5-15/h1-5,7-8,12,17-18H,6,9-11H2/t17-,18+/m0/s1. The third-order valence-electron chi connectivity index (χ3n) is 6.06. The first kappa shape index (κ1) is 20.0. The zero-order valence-electron chi connectivity index (χ0n) is 15.2. The highest BCUT2D eigenvalue weighted by Gasteiger charge is 2.73. The Balaban J connectivity index is 1.69. The van der Waals surface area contributed by atoms with Crippen molar-refractivity contribution in [1.29, 1.82) is 0 Å². The van der Waals surface area contributed by atoms with Crippen molar-refractivity contribution in [2.24, 2.45) is 0 Å². The van der Waals surface area contributed by atoms with Gasteiger partial charge in [-0.25, -0.2) is 4.39 Å². The maximum Gasteiger partial charge on any atom is 0.435 e. The molecule has 156 valence electrons. The van der Waals surface area contributed by atoms with Crippen LogP contribution in [0.5, 0.6) is 0 Å². The summed E-state index contributed by atoms with van der Waals surface area (Å²) in [6.45, 7) is 0.749. The van der Waals surface area contributed by atoms with E-state index in [0.29, 0.717) is 24.5 Å². The maximum atomic E-state index is 14.4. The van der Waals surface area contributed by atoms with Gasteiger partial charge in [-0.2, -0.15) is 26.3 Å². The van der Waals surface area contributed by atoms with E-state index in [1.54, 1.807) is 0 Å². The molecule has 0 saturated carbocycles. The molecule has 1 fully saturated rings. The topological polar surface area (TPSA) is 3.24 Å². The molecule has 0 aromatic heterocycles. The molecule has 1 heterocycles. The second-order valence-corrected chi connectivity index (χ2v) is 7.60. The molecular formula is C21H18F7N. The summed E-state index contributed by atoms with van der Waals surface area (Å²) < 4.78 is 92.8. The molecule has 1 aliphatic carbocycles. The first-order valence-corrected chi connectivity index (χ1v) is 9.31. The third kappa shape index (κ3) is 3.07. The van der Waals surface area contributed by atoms with Crippen LogP contribution < -0.4 is 4.90 Å². The number of benzene rings is 2. The highest BCUT2D eigenvalue weighted by atomic mass is 19.4. The van der Waals surface area contributed by atoms with E-state index in [4.69, 9.17) is 0 Å². The van der Waals surface area contributed by atoms with Gasteiger partial charge in [0.25, 0.3) is 0 Å². The highest BCUT2D eigenvalue weighted by Crippen LogP contribution is 2.54. The largest absolute Gasteiger partial charge is 0.435 e. The molecule has 1 aliphatic heterocycles. The van der Waals surface area contributed by atoms with E-state index in [1.807, 2.05) is 30.3 Å². The van der Waals surface area contributed by atoms with Gasteiger partial charge in [0, 0.05) is 29.8 Å². The lowest BCUT2D eigenvalue weighted by Gasteiger charge is -2.36. The van der Waals surface area contributed by atoms with E-state index in [-0.39, 0.29) is 12.0 Å². The Morgan fingerprint density at radius 2 is 1.45 bits per heavy atom. The summed E-state index contributed by atoms with van der Waals surface area (Å²) in [4.78, 5) is 2.23. The molecule has 29 heavy (non-hydrogen) atoms. The molecule has 0 spiro atoms. The Morgan fingerprint density at radius 1 is 0.793 bits per heavy atom. The van der Waals surface area contributed by atoms with Crippen molar-refractivity contribution in [2.45, 2.75) is 49.2 Å². The minimum Gasteiger partial charge on any atom is -0.368 e. The smallest absolute Gasteiger partial charge is 0.368 e. The van der Waals surface area contributed by atoms with E-state index < -0.39 is 23.6 Å². The number of fused-ring (bicyclic) bond motifs is 3. The number of hydrogen-bond donors (Lipinski definition) is 0. The van der Waals surface area contributed by atoms with Crippen LogP contribution in [0.1, 0.15) is 35.4 Å². The zero-order valence-corrected chi connectivity index (χ0v) is 15.2. The van der Waals surface area contributed by atoms with Crippen molar-refractivity contribution in [2.75, 3.05) is 11.4 Å². The average Bonchev–Trinajstić information content (AvgIpc) is 3.10. The van der Waals surface area contributed by atoms with Gasteiger partial charge in [0.15, 0.2) is 0 Å². The van der Waals surface area contributed by atoms with Crippen molar-refractivity contribution < 1.29 is 30.7 Å². The number of anilines is 1. The molecule has 1 nitrogen and oxygen atoms in total. The van der Waals surface area contributed by atoms with Gasteiger partial charge >= 0.3 is 18.0 Å². The zero-order chi connectivity index (χ0) is 21.0. The quantitative estimate of drug-likeness (QED) is 0.520. The first-order chi connectivity index (χ1) is 13.5. The monoisotopic (exact) mass is 417 g/mol. The van der Waals surface area contributed by atoms with E-state index in [9.17, 15) is 30.7 Å². The number of nitrogens with zero attached hydrogens (tertiary/aromatic N) is 1. The molecular weight excluding hydrogens is 399 g/mol. The second kappa shape index (κ2) is 6.64. The predicted octanol–water partition coefficient (Wildman–Crippen LogP) is 6.28. The van der Waals surface area contributed by atoms with Crippen LogP contribution in [-0.2, 0) is 12.1 Å². The number of halogens is 7. The number of para-hydroxylation sites is 1. The molecule has 8 heteroatoms. The minimum atomic E-state index is -6.09. The van der Waals surface area contributed by atoms with Gasteiger partial charge in [-0.3, -0.25) is 0 Å². The Hall–Kier alpha value is -2.25. The summed E-state index contributed by atoms with van der Waals surface area (Å²) in [5, 5.41) is 0. The van der Waals surface area contributed by atoms with Gasteiger partial charge in [-0.1, -0.05) is 36.4 Å². The second-order valence-electron chi connectivity index (χ2n) is 7.60. The molecule has 0 radical (unpaired) electrons. The summed E-state index contributed by atoms with van der Waals surface area (Å²) in [5.74, 6) is -0.00112. The number of rotatable bonds is 2. The van der Waals surface area contributed by atoms with Gasteiger partial charge in [0.2, 0.25) is 0 Å². The lowest BCUT2D eigenvalue weighted by atomic mass is 9.77. The Morgan fingerprint density at radius 3 is 2.07 bits per heavy atom. The molecule has 0 bridgehead atoms. The van der Waals surface area contributed by atoms with Gasteiger partial charge in [0.1, 0.15) is 0 Å². The Bertz CT molecular complexity index is 874. The van der Waals surface area contributed by atoms with Crippen LogP contribution in [0, 0.1) is 0 Å². The summed E-state index contributed by atoms with van der Waals surface area (Å²) in [6.07, 6.45) is -10.5. The van der Waals surface area contributed by atoms with Gasteiger partial charge in [-0.15, -0.1) is 0 Å². The molecule has 4 rings (SSSR count). The first-order valence-electron chi connectivity index (χ1n) is 9.31. The van der Waals surface area contributed by atoms with Gasteiger partial charge in [0.05, 0.1) is 0 Å². The van der Waals surface area contributed by atoms with E-state index in [0.717, 1.165) is 30.3 Å². The number of aryl methyl sites for hydroxylation is 1. The molecule has 0 N–H and O–H groups in total. The molecule has 1 saturated heterocycles. The average molecular weight is 417 g/mol. The summed E-state index contributed by atoms with van der Waals surface area (Å²) in [5.41, 5.74) is -4.65. The van der Waals surface area contributed by atoms with Crippen LogP contribution in [0.2, 0.25) is 0 Å². The van der Waals surface area contributed by atoms with Crippen molar-refractivity contribution in [1.82, 2.24) is 0 Å². The molecule has 0 amide bonds. The summed E-state index contributed by atoms with van der Waals surface area (Å²) in [6, 6.07) is 12.5. The van der Waals surface area contributed by atoms with Crippen LogP contribution in [0.3, 0.4) is 0 Å². The third-order valence-corrected chi connectivity index (χ3v) is 6.06.